The lowest BCUT2D eigenvalue weighted by molar-refractivity contribution is -0.118. The quantitative estimate of drug-likeness (QED) is 0.726. The SMILES string of the molecule is CCCn1c(-c2ccc3c(c2)NC(=O)CO3)csc1=Nc1ccccc1C. The van der Waals surface area contributed by atoms with Crippen molar-refractivity contribution in [3.63, 3.8) is 0 Å². The van der Waals surface area contributed by atoms with Crippen molar-refractivity contribution in [2.24, 2.45) is 4.99 Å². The number of para-hydroxylation sites is 1. The Kier molecular flexibility index (Phi) is 4.81. The van der Waals surface area contributed by atoms with Gasteiger partial charge in [-0.3, -0.25) is 4.79 Å². The van der Waals surface area contributed by atoms with Crippen LogP contribution in [0.5, 0.6) is 5.75 Å². The highest BCUT2D eigenvalue weighted by molar-refractivity contribution is 7.07. The van der Waals surface area contributed by atoms with E-state index >= 15 is 0 Å². The lowest BCUT2D eigenvalue weighted by Gasteiger charge is -2.18. The summed E-state index contributed by atoms with van der Waals surface area (Å²) in [5.41, 5.74) is 4.99. The van der Waals surface area contributed by atoms with Crippen LogP contribution in [-0.4, -0.2) is 17.1 Å². The molecular weight excluding hydrogens is 358 g/mol. The zero-order valence-electron chi connectivity index (χ0n) is 15.4. The summed E-state index contributed by atoms with van der Waals surface area (Å²) in [5.74, 6) is 0.585. The monoisotopic (exact) mass is 379 g/mol. The van der Waals surface area contributed by atoms with Crippen molar-refractivity contribution in [1.29, 1.82) is 0 Å². The molecule has 0 saturated carbocycles. The molecule has 6 heteroatoms. The van der Waals surface area contributed by atoms with E-state index in [4.69, 9.17) is 9.73 Å². The number of aryl methyl sites for hydroxylation is 1. The van der Waals surface area contributed by atoms with E-state index in [0.29, 0.717) is 5.75 Å². The fourth-order valence-corrected chi connectivity index (χ4v) is 4.07. The molecule has 2 aromatic carbocycles. The molecule has 0 aliphatic carbocycles. The summed E-state index contributed by atoms with van der Waals surface area (Å²) >= 11 is 1.63. The van der Waals surface area contributed by atoms with Gasteiger partial charge in [-0.05, 0) is 43.2 Å². The van der Waals surface area contributed by atoms with Crippen LogP contribution in [0.25, 0.3) is 11.3 Å². The number of fused-ring (bicyclic) bond motifs is 1. The summed E-state index contributed by atoms with van der Waals surface area (Å²) in [5, 5.41) is 5.01. The molecule has 4 rings (SSSR count). The summed E-state index contributed by atoms with van der Waals surface area (Å²) in [6, 6.07) is 14.1. The van der Waals surface area contributed by atoms with Gasteiger partial charge >= 0.3 is 0 Å². The predicted molar refractivity (Wildman–Crippen MR) is 109 cm³/mol. The summed E-state index contributed by atoms with van der Waals surface area (Å²) in [4.78, 5) is 17.5. The number of hydrogen-bond donors (Lipinski definition) is 1. The van der Waals surface area contributed by atoms with E-state index in [2.05, 4.69) is 35.2 Å². The highest BCUT2D eigenvalue weighted by Gasteiger charge is 2.17. The minimum absolute atomic E-state index is 0.0695. The van der Waals surface area contributed by atoms with Crippen LogP contribution >= 0.6 is 11.3 Å². The molecule has 1 aliphatic rings. The number of nitrogens with zero attached hydrogens (tertiary/aromatic N) is 2. The van der Waals surface area contributed by atoms with Crippen molar-refractivity contribution in [3.8, 4) is 17.0 Å². The van der Waals surface area contributed by atoms with E-state index in [-0.39, 0.29) is 12.5 Å². The number of carbonyl (C=O) groups is 1. The number of amides is 1. The lowest BCUT2D eigenvalue weighted by Crippen LogP contribution is -2.25. The normalized spacial score (nSPS) is 13.9. The van der Waals surface area contributed by atoms with Gasteiger partial charge in [0.2, 0.25) is 0 Å². The molecule has 0 saturated heterocycles. The van der Waals surface area contributed by atoms with Gasteiger partial charge in [-0.25, -0.2) is 4.99 Å². The van der Waals surface area contributed by atoms with Crippen molar-refractivity contribution in [2.45, 2.75) is 26.8 Å². The zero-order valence-corrected chi connectivity index (χ0v) is 16.2. The van der Waals surface area contributed by atoms with Crippen LogP contribution in [0.3, 0.4) is 0 Å². The summed E-state index contributed by atoms with van der Waals surface area (Å²) < 4.78 is 7.71. The maximum Gasteiger partial charge on any atom is 0.262 e. The third-order valence-electron chi connectivity index (χ3n) is 4.48. The molecule has 1 amide bonds. The Balaban J connectivity index is 1.81. The van der Waals surface area contributed by atoms with Crippen LogP contribution in [0.2, 0.25) is 0 Å². The standard InChI is InChI=1S/C21H21N3O2S/c1-3-10-24-18(13-27-21(24)23-16-7-5-4-6-14(16)2)15-8-9-19-17(11-15)22-20(25)12-26-19/h4-9,11,13H,3,10,12H2,1-2H3,(H,22,25). The molecule has 2 heterocycles. The smallest absolute Gasteiger partial charge is 0.262 e. The number of aromatic nitrogens is 1. The Morgan fingerprint density at radius 2 is 2.11 bits per heavy atom. The van der Waals surface area contributed by atoms with Crippen LogP contribution in [0.1, 0.15) is 18.9 Å². The zero-order chi connectivity index (χ0) is 18.8. The molecule has 3 aromatic rings. The molecule has 0 atom stereocenters. The fraction of sp³-hybridized carbons (Fsp3) is 0.238. The summed E-state index contributed by atoms with van der Waals surface area (Å²) in [6.07, 6.45) is 1.01. The van der Waals surface area contributed by atoms with Crippen molar-refractivity contribution < 1.29 is 9.53 Å². The van der Waals surface area contributed by atoms with Crippen molar-refractivity contribution in [1.82, 2.24) is 4.57 Å². The molecule has 1 N–H and O–H groups in total. The minimum Gasteiger partial charge on any atom is -0.482 e. The molecule has 1 aromatic heterocycles. The van der Waals surface area contributed by atoms with Gasteiger partial charge < -0.3 is 14.6 Å². The molecule has 0 unspecified atom stereocenters. The van der Waals surface area contributed by atoms with Crippen molar-refractivity contribution >= 4 is 28.6 Å². The maximum absolute atomic E-state index is 11.6. The Morgan fingerprint density at radius 1 is 1.26 bits per heavy atom. The number of hydrogen-bond acceptors (Lipinski definition) is 4. The second kappa shape index (κ2) is 7.40. The Bertz CT molecular complexity index is 1070. The molecule has 0 radical (unpaired) electrons. The number of benzene rings is 2. The van der Waals surface area contributed by atoms with Crippen molar-refractivity contribution in [2.75, 3.05) is 11.9 Å². The van der Waals surface area contributed by atoms with Gasteiger partial charge in [0, 0.05) is 17.5 Å². The largest absolute Gasteiger partial charge is 0.482 e. The van der Waals surface area contributed by atoms with E-state index in [1.165, 1.54) is 0 Å². The minimum atomic E-state index is -0.123. The first-order valence-corrected chi connectivity index (χ1v) is 9.89. The van der Waals surface area contributed by atoms with Crippen LogP contribution < -0.4 is 14.9 Å². The van der Waals surface area contributed by atoms with Crippen LogP contribution in [0.4, 0.5) is 11.4 Å². The second-order valence-electron chi connectivity index (χ2n) is 6.50. The Labute approximate surface area is 162 Å². The average molecular weight is 379 g/mol. The highest BCUT2D eigenvalue weighted by Crippen LogP contribution is 2.33. The van der Waals surface area contributed by atoms with E-state index in [0.717, 1.165) is 46.0 Å². The molecule has 1 aliphatic heterocycles. The number of thiazole rings is 1. The lowest BCUT2D eigenvalue weighted by atomic mass is 10.1. The van der Waals surface area contributed by atoms with Crippen LogP contribution in [0.15, 0.2) is 52.8 Å². The first kappa shape index (κ1) is 17.5. The number of anilines is 1. The Morgan fingerprint density at radius 3 is 2.93 bits per heavy atom. The van der Waals surface area contributed by atoms with Gasteiger partial charge in [0.1, 0.15) is 5.75 Å². The third kappa shape index (κ3) is 3.53. The molecule has 5 nitrogen and oxygen atoms in total. The number of carbonyl (C=O) groups excluding carboxylic acids is 1. The van der Waals surface area contributed by atoms with E-state index < -0.39 is 0 Å². The number of rotatable bonds is 4. The molecule has 27 heavy (non-hydrogen) atoms. The summed E-state index contributed by atoms with van der Waals surface area (Å²) in [7, 11) is 0. The van der Waals surface area contributed by atoms with Crippen molar-refractivity contribution in [3.05, 3.63) is 58.2 Å². The fourth-order valence-electron chi connectivity index (χ4n) is 3.12. The average Bonchev–Trinajstić information content (AvgIpc) is 3.06. The highest BCUT2D eigenvalue weighted by atomic mass is 32.1. The van der Waals surface area contributed by atoms with Gasteiger partial charge in [0.25, 0.3) is 5.91 Å². The predicted octanol–water partition coefficient (Wildman–Crippen LogP) is 4.50. The van der Waals surface area contributed by atoms with Gasteiger partial charge in [-0.15, -0.1) is 11.3 Å². The van der Waals surface area contributed by atoms with Crippen LogP contribution in [0, 0.1) is 6.92 Å². The van der Waals surface area contributed by atoms with Gasteiger partial charge in [0.05, 0.1) is 17.1 Å². The first-order valence-electron chi connectivity index (χ1n) is 9.01. The first-order chi connectivity index (χ1) is 13.2. The van der Waals surface area contributed by atoms with Gasteiger partial charge in [-0.2, -0.15) is 0 Å². The van der Waals surface area contributed by atoms with Gasteiger partial charge in [-0.1, -0.05) is 25.1 Å². The molecular formula is C21H21N3O2S. The molecule has 0 bridgehead atoms. The number of ether oxygens (including phenoxy) is 1. The van der Waals surface area contributed by atoms with E-state index in [9.17, 15) is 4.79 Å². The van der Waals surface area contributed by atoms with E-state index in [1.54, 1.807) is 11.3 Å². The Hall–Kier alpha value is -2.86. The van der Waals surface area contributed by atoms with E-state index in [1.807, 2.05) is 36.4 Å². The number of nitrogens with one attached hydrogen (secondary N) is 1. The molecule has 0 spiro atoms. The van der Waals surface area contributed by atoms with Crippen LogP contribution in [-0.2, 0) is 11.3 Å². The topological polar surface area (TPSA) is 55.6 Å². The second-order valence-corrected chi connectivity index (χ2v) is 7.34. The summed E-state index contributed by atoms with van der Waals surface area (Å²) in [6.45, 7) is 5.18. The third-order valence-corrected chi connectivity index (χ3v) is 5.35. The molecule has 0 fully saturated rings. The van der Waals surface area contributed by atoms with Gasteiger partial charge in [0.15, 0.2) is 11.4 Å². The molecule has 138 valence electrons. The maximum atomic E-state index is 11.6.